The summed E-state index contributed by atoms with van der Waals surface area (Å²) in [5, 5.41) is 20.5. The fourth-order valence-electron chi connectivity index (χ4n) is 1.60. The normalized spacial score (nSPS) is 11.2. The zero-order valence-electron chi connectivity index (χ0n) is 13.5. The minimum Gasteiger partial charge on any atom is -0.258 e. The molecule has 0 heterocycles. The van der Waals surface area contributed by atoms with Gasteiger partial charge in [0.1, 0.15) is 0 Å². The minimum atomic E-state index is -3.80. The number of hydrogen-bond acceptors (Lipinski definition) is 8. The Bertz CT molecular complexity index is 1040. The SMILES string of the molecule is CNS(=O)(=O)c1ccc([N+](=O)[O-])cc1.O=[N+]([O-])c1ccc(S(=O)(=O)Cl)cc1. The second-order valence-corrected chi connectivity index (χ2v) is 9.10. The number of non-ortho nitro benzene ring substituents is 2. The summed E-state index contributed by atoms with van der Waals surface area (Å²) < 4.78 is 45.9. The molecule has 11 nitrogen and oxygen atoms in total. The van der Waals surface area contributed by atoms with Crippen LogP contribution < -0.4 is 4.72 Å². The number of rotatable bonds is 5. The summed E-state index contributed by atoms with van der Waals surface area (Å²) in [5.74, 6) is 0. The van der Waals surface area contributed by atoms with Gasteiger partial charge in [0.15, 0.2) is 0 Å². The third-order valence-corrected chi connectivity index (χ3v) is 5.76. The van der Waals surface area contributed by atoms with Gasteiger partial charge in [-0.1, -0.05) is 0 Å². The van der Waals surface area contributed by atoms with Crippen molar-refractivity contribution in [2.24, 2.45) is 0 Å². The van der Waals surface area contributed by atoms with Gasteiger partial charge < -0.3 is 0 Å². The summed E-state index contributed by atoms with van der Waals surface area (Å²) in [6, 6.07) is 8.98. The highest BCUT2D eigenvalue weighted by molar-refractivity contribution is 8.13. The molecule has 0 saturated heterocycles. The van der Waals surface area contributed by atoms with Gasteiger partial charge in [-0.2, -0.15) is 0 Å². The van der Waals surface area contributed by atoms with Gasteiger partial charge in [-0.15, -0.1) is 0 Å². The molecule has 0 spiro atoms. The van der Waals surface area contributed by atoms with E-state index in [2.05, 4.69) is 4.72 Å². The molecule has 0 aromatic heterocycles. The number of sulfonamides is 1. The standard InChI is InChI=1S/C7H8N2O4S.C6H4ClNO4S/c1-8-14(12,13)7-4-2-6(3-5-7)9(10)11;7-13(11,12)6-3-1-5(2-4-6)8(9)10/h2-5,8H,1H3;1-4H. The second-order valence-electron chi connectivity index (χ2n) is 4.65. The first kappa shape index (κ1) is 22.4. The Hall–Kier alpha value is -2.61. The van der Waals surface area contributed by atoms with Crippen molar-refractivity contribution in [1.29, 1.82) is 0 Å². The fraction of sp³-hybridized carbons (Fsp3) is 0.0769. The molecule has 14 heteroatoms. The van der Waals surface area contributed by atoms with Crippen LogP contribution in [0.3, 0.4) is 0 Å². The lowest BCUT2D eigenvalue weighted by molar-refractivity contribution is -0.385. The Morgan fingerprint density at radius 1 is 0.778 bits per heavy atom. The Kier molecular flexibility index (Phi) is 7.36. The van der Waals surface area contributed by atoms with Crippen LogP contribution in [0.15, 0.2) is 58.3 Å². The molecule has 0 saturated carbocycles. The van der Waals surface area contributed by atoms with Crippen molar-refractivity contribution in [3.05, 3.63) is 68.8 Å². The smallest absolute Gasteiger partial charge is 0.258 e. The molecule has 0 bridgehead atoms. The summed E-state index contributed by atoms with van der Waals surface area (Å²) in [6.45, 7) is 0. The molecular weight excluding hydrogens is 426 g/mol. The van der Waals surface area contributed by atoms with Crippen molar-refractivity contribution in [2.45, 2.75) is 9.79 Å². The maximum Gasteiger partial charge on any atom is 0.269 e. The van der Waals surface area contributed by atoms with Gasteiger partial charge in [0.2, 0.25) is 10.0 Å². The number of benzene rings is 2. The Morgan fingerprint density at radius 3 is 1.37 bits per heavy atom. The zero-order chi connectivity index (χ0) is 20.8. The lowest BCUT2D eigenvalue weighted by Crippen LogP contribution is -2.18. The third kappa shape index (κ3) is 6.56. The summed E-state index contributed by atoms with van der Waals surface area (Å²) in [5.41, 5.74) is -0.316. The highest BCUT2D eigenvalue weighted by Crippen LogP contribution is 2.18. The number of nitro groups is 2. The summed E-state index contributed by atoms with van der Waals surface area (Å²) in [6.07, 6.45) is 0. The molecule has 146 valence electrons. The Balaban J connectivity index is 0.000000271. The van der Waals surface area contributed by atoms with E-state index >= 15 is 0 Å². The molecule has 1 N–H and O–H groups in total. The summed E-state index contributed by atoms with van der Waals surface area (Å²) >= 11 is 0. The molecule has 0 atom stereocenters. The van der Waals surface area contributed by atoms with Crippen molar-refractivity contribution in [2.75, 3.05) is 7.05 Å². The average Bonchev–Trinajstić information content (AvgIpc) is 2.61. The van der Waals surface area contributed by atoms with Crippen LogP contribution in [-0.2, 0) is 19.1 Å². The molecule has 0 aliphatic carbocycles. The summed E-state index contributed by atoms with van der Waals surface area (Å²) in [4.78, 5) is 19.1. The van der Waals surface area contributed by atoms with Crippen molar-refractivity contribution in [3.8, 4) is 0 Å². The molecular formula is C13H12ClN3O8S2. The topological polar surface area (TPSA) is 167 Å². The monoisotopic (exact) mass is 437 g/mol. The maximum absolute atomic E-state index is 11.2. The zero-order valence-corrected chi connectivity index (χ0v) is 15.9. The first-order valence-corrected chi connectivity index (χ1v) is 10.5. The van der Waals surface area contributed by atoms with Crippen LogP contribution in [0, 0.1) is 20.2 Å². The molecule has 0 amide bonds. The fourth-order valence-corrected chi connectivity index (χ4v) is 3.10. The van der Waals surface area contributed by atoms with Crippen molar-refractivity contribution < 1.29 is 26.7 Å². The molecule has 0 radical (unpaired) electrons. The molecule has 2 aromatic rings. The molecule has 0 aliphatic heterocycles. The van der Waals surface area contributed by atoms with E-state index in [9.17, 15) is 37.1 Å². The van der Waals surface area contributed by atoms with E-state index in [0.29, 0.717) is 0 Å². The lowest BCUT2D eigenvalue weighted by Gasteiger charge is -2.00. The Morgan fingerprint density at radius 2 is 1.11 bits per heavy atom. The van der Waals surface area contributed by atoms with Crippen molar-refractivity contribution >= 4 is 41.1 Å². The Labute approximate surface area is 158 Å². The van der Waals surface area contributed by atoms with E-state index < -0.39 is 28.9 Å². The van der Waals surface area contributed by atoms with E-state index in [0.717, 1.165) is 36.4 Å². The number of nitrogens with zero attached hydrogens (tertiary/aromatic N) is 2. The summed E-state index contributed by atoms with van der Waals surface area (Å²) in [7, 11) is -1.04. The highest BCUT2D eigenvalue weighted by atomic mass is 35.7. The van der Waals surface area contributed by atoms with Gasteiger partial charge in [0, 0.05) is 34.9 Å². The van der Waals surface area contributed by atoms with Crippen LogP contribution in [-0.4, -0.2) is 33.7 Å². The van der Waals surface area contributed by atoms with E-state index in [4.69, 9.17) is 10.7 Å². The van der Waals surface area contributed by atoms with Gasteiger partial charge in [-0.3, -0.25) is 20.2 Å². The number of nitrogens with one attached hydrogen (secondary N) is 1. The third-order valence-electron chi connectivity index (χ3n) is 2.96. The highest BCUT2D eigenvalue weighted by Gasteiger charge is 2.13. The van der Waals surface area contributed by atoms with E-state index in [-0.39, 0.29) is 21.2 Å². The largest absolute Gasteiger partial charge is 0.269 e. The van der Waals surface area contributed by atoms with Crippen LogP contribution in [0.2, 0.25) is 0 Å². The predicted molar refractivity (Wildman–Crippen MR) is 95.5 cm³/mol. The van der Waals surface area contributed by atoms with E-state index in [1.54, 1.807) is 0 Å². The molecule has 2 rings (SSSR count). The van der Waals surface area contributed by atoms with Crippen LogP contribution in [0.5, 0.6) is 0 Å². The minimum absolute atomic E-state index is 0.00519. The first-order chi connectivity index (χ1) is 12.4. The van der Waals surface area contributed by atoms with E-state index in [1.165, 1.54) is 19.2 Å². The van der Waals surface area contributed by atoms with Gasteiger partial charge in [0.25, 0.3) is 20.4 Å². The number of nitro benzene ring substituents is 2. The average molecular weight is 438 g/mol. The van der Waals surface area contributed by atoms with E-state index in [1.807, 2.05) is 0 Å². The van der Waals surface area contributed by atoms with Crippen LogP contribution in [0.4, 0.5) is 11.4 Å². The quantitative estimate of drug-likeness (QED) is 0.421. The van der Waals surface area contributed by atoms with Crippen molar-refractivity contribution in [1.82, 2.24) is 4.72 Å². The molecule has 27 heavy (non-hydrogen) atoms. The van der Waals surface area contributed by atoms with Gasteiger partial charge in [-0.05, 0) is 31.3 Å². The molecule has 2 aromatic carbocycles. The maximum atomic E-state index is 11.2. The van der Waals surface area contributed by atoms with Gasteiger partial charge in [0.05, 0.1) is 19.6 Å². The molecule has 0 fully saturated rings. The van der Waals surface area contributed by atoms with Gasteiger partial charge >= 0.3 is 0 Å². The molecule has 0 unspecified atom stereocenters. The van der Waals surface area contributed by atoms with Crippen LogP contribution in [0.1, 0.15) is 0 Å². The second kappa shape index (κ2) is 8.85. The number of halogens is 1. The number of hydrogen-bond donors (Lipinski definition) is 1. The molecule has 0 aliphatic rings. The van der Waals surface area contributed by atoms with Gasteiger partial charge in [-0.25, -0.2) is 21.6 Å². The predicted octanol–water partition coefficient (Wildman–Crippen LogP) is 2.03. The van der Waals surface area contributed by atoms with Crippen molar-refractivity contribution in [3.63, 3.8) is 0 Å². The first-order valence-electron chi connectivity index (χ1n) is 6.75. The van der Waals surface area contributed by atoms with Crippen LogP contribution in [0.25, 0.3) is 0 Å². The van der Waals surface area contributed by atoms with Crippen LogP contribution >= 0.6 is 10.7 Å². The lowest BCUT2D eigenvalue weighted by atomic mass is 10.3.